The van der Waals surface area contributed by atoms with Crippen molar-refractivity contribution in [3.63, 3.8) is 0 Å². The van der Waals surface area contributed by atoms with Gasteiger partial charge in [0.05, 0.1) is 17.6 Å². The maximum Gasteiger partial charge on any atom is 0.124 e. The topological polar surface area (TPSA) is 44.5 Å². The molecule has 0 aliphatic carbocycles. The van der Waals surface area contributed by atoms with Crippen LogP contribution in [0.1, 0.15) is 24.0 Å². The lowest BCUT2D eigenvalue weighted by molar-refractivity contribution is 0.0490. The highest BCUT2D eigenvalue weighted by molar-refractivity contribution is 7.09. The van der Waals surface area contributed by atoms with Gasteiger partial charge in [0.2, 0.25) is 0 Å². The van der Waals surface area contributed by atoms with Crippen LogP contribution < -0.4 is 0 Å². The molecule has 0 bridgehead atoms. The number of hydrogen-bond acceptors (Lipinski definition) is 5. The number of para-hydroxylation sites is 2. The molecule has 5 nitrogen and oxygen atoms in total. The zero-order chi connectivity index (χ0) is 18.6. The predicted molar refractivity (Wildman–Crippen MR) is 111 cm³/mol. The minimum atomic E-state index is 0.243. The van der Waals surface area contributed by atoms with Gasteiger partial charge >= 0.3 is 0 Å². The van der Waals surface area contributed by atoms with Gasteiger partial charge in [0.1, 0.15) is 5.82 Å². The summed E-state index contributed by atoms with van der Waals surface area (Å²) in [5, 5.41) is 11.7. The minimum absolute atomic E-state index is 0.243. The van der Waals surface area contributed by atoms with E-state index in [9.17, 15) is 5.11 Å². The van der Waals surface area contributed by atoms with Crippen LogP contribution in [0, 0.1) is 0 Å². The van der Waals surface area contributed by atoms with Crippen molar-refractivity contribution in [2.75, 3.05) is 26.2 Å². The molecule has 1 N–H and O–H groups in total. The maximum atomic E-state index is 9.56. The van der Waals surface area contributed by atoms with Crippen LogP contribution in [0.3, 0.4) is 0 Å². The van der Waals surface area contributed by atoms with Gasteiger partial charge in [0, 0.05) is 50.2 Å². The summed E-state index contributed by atoms with van der Waals surface area (Å²) >= 11 is 1.82. The van der Waals surface area contributed by atoms with E-state index in [1.807, 2.05) is 11.3 Å². The van der Waals surface area contributed by atoms with Crippen molar-refractivity contribution < 1.29 is 5.11 Å². The van der Waals surface area contributed by atoms with E-state index < -0.39 is 0 Å². The van der Waals surface area contributed by atoms with Gasteiger partial charge < -0.3 is 9.67 Å². The number of thiophene rings is 1. The number of nitrogens with zero attached hydrogens (tertiary/aromatic N) is 4. The van der Waals surface area contributed by atoms with Gasteiger partial charge in [-0.3, -0.25) is 9.80 Å². The number of rotatable bonds is 7. The Morgan fingerprint density at radius 3 is 2.81 bits per heavy atom. The summed E-state index contributed by atoms with van der Waals surface area (Å²) in [4.78, 5) is 11.3. The fourth-order valence-corrected chi connectivity index (χ4v) is 4.86. The third-order valence-corrected chi connectivity index (χ3v) is 6.37. The van der Waals surface area contributed by atoms with Crippen molar-refractivity contribution in [2.24, 2.45) is 0 Å². The molecule has 144 valence electrons. The number of piperazine rings is 1. The van der Waals surface area contributed by atoms with Crippen LogP contribution in [0.5, 0.6) is 0 Å². The van der Waals surface area contributed by atoms with Crippen LogP contribution >= 0.6 is 11.3 Å². The Kier molecular flexibility index (Phi) is 5.88. The summed E-state index contributed by atoms with van der Waals surface area (Å²) in [7, 11) is 0. The number of aliphatic hydroxyl groups excluding tert-OH is 1. The Morgan fingerprint density at radius 1 is 1.15 bits per heavy atom. The Bertz CT molecular complexity index is 860. The molecule has 1 atom stereocenters. The second-order valence-corrected chi connectivity index (χ2v) is 8.24. The molecule has 27 heavy (non-hydrogen) atoms. The quantitative estimate of drug-likeness (QED) is 0.679. The number of fused-ring (bicyclic) bond motifs is 1. The summed E-state index contributed by atoms with van der Waals surface area (Å²) < 4.78 is 2.33. The maximum absolute atomic E-state index is 9.56. The standard InChI is InChI=1S/C21H28N4OS/c1-2-25-20-8-4-3-7-19(20)22-21(25)16-23-10-11-24(17(14-23)9-12-26)15-18-6-5-13-27-18/h3-8,13,17,26H,2,9-12,14-16H2,1H3/t17-/m1/s1. The van der Waals surface area contributed by atoms with Crippen LogP contribution in [-0.4, -0.2) is 56.7 Å². The first-order valence-electron chi connectivity index (χ1n) is 9.82. The van der Waals surface area contributed by atoms with E-state index in [0.29, 0.717) is 6.04 Å². The molecular weight excluding hydrogens is 356 g/mol. The number of imidazole rings is 1. The van der Waals surface area contributed by atoms with Crippen LogP contribution in [0.4, 0.5) is 0 Å². The van der Waals surface area contributed by atoms with Crippen LogP contribution in [0.25, 0.3) is 11.0 Å². The minimum Gasteiger partial charge on any atom is -0.396 e. The molecule has 3 aromatic rings. The molecule has 4 rings (SSSR count). The average molecular weight is 385 g/mol. The zero-order valence-electron chi connectivity index (χ0n) is 15.9. The van der Waals surface area contributed by atoms with Crippen LogP contribution in [0.2, 0.25) is 0 Å². The molecule has 0 unspecified atom stereocenters. The molecule has 6 heteroatoms. The molecule has 1 aliphatic heterocycles. The van der Waals surface area contributed by atoms with Crippen molar-refractivity contribution in [1.29, 1.82) is 0 Å². The van der Waals surface area contributed by atoms with Gasteiger partial charge in [-0.2, -0.15) is 0 Å². The Morgan fingerprint density at radius 2 is 2.04 bits per heavy atom. The lowest BCUT2D eigenvalue weighted by Crippen LogP contribution is -2.52. The highest BCUT2D eigenvalue weighted by Gasteiger charge is 2.27. The number of aliphatic hydroxyl groups is 1. The fourth-order valence-electron chi connectivity index (χ4n) is 4.13. The summed E-state index contributed by atoms with van der Waals surface area (Å²) in [6.07, 6.45) is 0.825. The molecule has 2 aromatic heterocycles. The lowest BCUT2D eigenvalue weighted by atomic mass is 10.1. The second kappa shape index (κ2) is 8.52. The average Bonchev–Trinajstić information content (AvgIpc) is 3.31. The van der Waals surface area contributed by atoms with Crippen molar-refractivity contribution in [3.05, 3.63) is 52.5 Å². The van der Waals surface area contributed by atoms with Crippen molar-refractivity contribution in [1.82, 2.24) is 19.4 Å². The molecule has 1 fully saturated rings. The number of aryl methyl sites for hydroxylation is 1. The zero-order valence-corrected chi connectivity index (χ0v) is 16.7. The third-order valence-electron chi connectivity index (χ3n) is 5.51. The summed E-state index contributed by atoms with van der Waals surface area (Å²) in [5.41, 5.74) is 2.30. The van der Waals surface area contributed by atoms with Gasteiger partial charge in [-0.25, -0.2) is 4.98 Å². The first-order valence-corrected chi connectivity index (χ1v) is 10.7. The smallest absolute Gasteiger partial charge is 0.124 e. The molecule has 0 radical (unpaired) electrons. The van der Waals surface area contributed by atoms with Crippen molar-refractivity contribution in [3.8, 4) is 0 Å². The highest BCUT2D eigenvalue weighted by Crippen LogP contribution is 2.22. The van der Waals surface area contributed by atoms with E-state index in [1.165, 1.54) is 10.4 Å². The summed E-state index contributed by atoms with van der Waals surface area (Å²) in [5.74, 6) is 1.15. The molecule has 1 aliphatic rings. The Hall–Kier alpha value is -1.73. The van der Waals surface area contributed by atoms with Crippen LogP contribution in [0.15, 0.2) is 41.8 Å². The van der Waals surface area contributed by atoms with E-state index >= 15 is 0 Å². The molecule has 0 amide bonds. The van der Waals surface area contributed by atoms with Crippen LogP contribution in [-0.2, 0) is 19.6 Å². The predicted octanol–water partition coefficient (Wildman–Crippen LogP) is 3.19. The van der Waals surface area contributed by atoms with Gasteiger partial charge in [-0.15, -0.1) is 11.3 Å². The Labute approximate surface area is 164 Å². The lowest BCUT2D eigenvalue weighted by Gasteiger charge is -2.41. The van der Waals surface area contributed by atoms with Gasteiger partial charge in [-0.1, -0.05) is 18.2 Å². The number of aromatic nitrogens is 2. The van der Waals surface area contributed by atoms with E-state index in [1.54, 1.807) is 0 Å². The molecule has 1 saturated heterocycles. The van der Waals surface area contributed by atoms with Gasteiger partial charge in [0.15, 0.2) is 0 Å². The molecule has 0 saturated carbocycles. The van der Waals surface area contributed by atoms with Gasteiger partial charge in [0.25, 0.3) is 0 Å². The van der Waals surface area contributed by atoms with E-state index in [0.717, 1.165) is 57.0 Å². The van der Waals surface area contributed by atoms with Gasteiger partial charge in [-0.05, 0) is 36.9 Å². The summed E-state index contributed by atoms with van der Waals surface area (Å²) in [6, 6.07) is 13.1. The number of hydrogen-bond donors (Lipinski definition) is 1. The molecule has 0 spiro atoms. The van der Waals surface area contributed by atoms with E-state index in [4.69, 9.17) is 4.98 Å². The van der Waals surface area contributed by atoms with E-state index in [-0.39, 0.29) is 6.61 Å². The Balaban J connectivity index is 1.47. The van der Waals surface area contributed by atoms with Crippen molar-refractivity contribution >= 4 is 22.4 Å². The monoisotopic (exact) mass is 384 g/mol. The highest BCUT2D eigenvalue weighted by atomic mass is 32.1. The van der Waals surface area contributed by atoms with Crippen molar-refractivity contribution in [2.45, 2.75) is 39.0 Å². The molecular formula is C21H28N4OS. The first-order chi connectivity index (χ1) is 13.3. The fraction of sp³-hybridized carbons (Fsp3) is 0.476. The summed E-state index contributed by atoms with van der Waals surface area (Å²) in [6.45, 7) is 8.29. The third kappa shape index (κ3) is 4.09. The first kappa shape index (κ1) is 18.6. The van der Waals surface area contributed by atoms with E-state index in [2.05, 4.69) is 63.1 Å². The SMILES string of the molecule is CCn1c(CN2CCN(Cc3cccs3)[C@H](CCO)C2)nc2ccccc21. The number of benzene rings is 1. The largest absolute Gasteiger partial charge is 0.396 e. The molecule has 1 aromatic carbocycles. The molecule has 3 heterocycles. The normalized spacial score (nSPS) is 19.1. The second-order valence-electron chi connectivity index (χ2n) is 7.21.